The Morgan fingerprint density at radius 2 is 2.18 bits per heavy atom. The van der Waals surface area contributed by atoms with E-state index in [0.29, 0.717) is 6.04 Å². The molecule has 0 bridgehead atoms. The summed E-state index contributed by atoms with van der Waals surface area (Å²) in [7, 11) is 0. The van der Waals surface area contributed by atoms with Crippen molar-refractivity contribution in [3.05, 3.63) is 17.5 Å². The van der Waals surface area contributed by atoms with Crippen molar-refractivity contribution in [2.24, 2.45) is 0 Å². The molecule has 1 aliphatic rings. The van der Waals surface area contributed by atoms with Crippen LogP contribution < -0.4 is 5.32 Å². The van der Waals surface area contributed by atoms with Gasteiger partial charge in [-0.15, -0.1) is 0 Å². The molecule has 1 aliphatic heterocycles. The standard InChI is InChI=1S/C13H24N4/c1-11(2)17-10-13(12(3)15-17)9-16-7-4-5-14-6-8-16/h10-11,14H,4-9H2,1-3H3. The first-order valence-electron chi connectivity index (χ1n) is 6.64. The molecule has 0 spiro atoms. The van der Waals surface area contributed by atoms with Gasteiger partial charge >= 0.3 is 0 Å². The molecule has 0 unspecified atom stereocenters. The van der Waals surface area contributed by atoms with Crippen molar-refractivity contribution in [2.45, 2.75) is 39.8 Å². The van der Waals surface area contributed by atoms with Crippen LogP contribution in [0.5, 0.6) is 0 Å². The van der Waals surface area contributed by atoms with Crippen molar-refractivity contribution in [2.75, 3.05) is 26.2 Å². The van der Waals surface area contributed by atoms with E-state index in [1.54, 1.807) is 0 Å². The monoisotopic (exact) mass is 236 g/mol. The van der Waals surface area contributed by atoms with Crippen molar-refractivity contribution in [3.63, 3.8) is 0 Å². The first-order valence-corrected chi connectivity index (χ1v) is 6.64. The average Bonchev–Trinajstić information content (AvgIpc) is 2.52. The highest BCUT2D eigenvalue weighted by Crippen LogP contribution is 2.13. The maximum absolute atomic E-state index is 4.57. The highest BCUT2D eigenvalue weighted by molar-refractivity contribution is 5.15. The van der Waals surface area contributed by atoms with E-state index in [4.69, 9.17) is 0 Å². The second kappa shape index (κ2) is 5.65. The lowest BCUT2D eigenvalue weighted by molar-refractivity contribution is 0.284. The van der Waals surface area contributed by atoms with E-state index in [1.165, 1.54) is 24.2 Å². The van der Waals surface area contributed by atoms with Gasteiger partial charge in [0.05, 0.1) is 5.69 Å². The van der Waals surface area contributed by atoms with Crippen LogP contribution in [0, 0.1) is 6.92 Å². The summed E-state index contributed by atoms with van der Waals surface area (Å²) in [6.07, 6.45) is 3.45. The van der Waals surface area contributed by atoms with Gasteiger partial charge in [-0.25, -0.2) is 0 Å². The SMILES string of the molecule is Cc1nn(C(C)C)cc1CN1CCCNCC1. The van der Waals surface area contributed by atoms with Crippen LogP contribution in [0.25, 0.3) is 0 Å². The minimum atomic E-state index is 0.452. The Bertz CT molecular complexity index is 348. The first-order chi connectivity index (χ1) is 8.16. The van der Waals surface area contributed by atoms with Crippen molar-refractivity contribution in [1.29, 1.82) is 0 Å². The molecule has 0 saturated carbocycles. The summed E-state index contributed by atoms with van der Waals surface area (Å²) < 4.78 is 2.07. The maximum atomic E-state index is 4.57. The van der Waals surface area contributed by atoms with Crippen LogP contribution in [0.4, 0.5) is 0 Å². The molecule has 0 radical (unpaired) electrons. The normalized spacial score (nSPS) is 18.6. The molecule has 4 heteroatoms. The molecule has 17 heavy (non-hydrogen) atoms. The molecule has 0 aliphatic carbocycles. The van der Waals surface area contributed by atoms with Gasteiger partial charge in [-0.2, -0.15) is 5.10 Å². The van der Waals surface area contributed by atoms with Gasteiger partial charge in [0.1, 0.15) is 0 Å². The van der Waals surface area contributed by atoms with E-state index in [1.807, 2.05) is 0 Å². The van der Waals surface area contributed by atoms with Crippen molar-refractivity contribution in [1.82, 2.24) is 20.0 Å². The molecule has 1 saturated heterocycles. The van der Waals surface area contributed by atoms with Crippen molar-refractivity contribution < 1.29 is 0 Å². The number of hydrogen-bond donors (Lipinski definition) is 1. The molecule has 4 nitrogen and oxygen atoms in total. The first kappa shape index (κ1) is 12.6. The van der Waals surface area contributed by atoms with Gasteiger partial charge in [-0.3, -0.25) is 9.58 Å². The molecule has 2 rings (SSSR count). The zero-order chi connectivity index (χ0) is 12.3. The van der Waals surface area contributed by atoms with Crippen LogP contribution in [0.15, 0.2) is 6.20 Å². The summed E-state index contributed by atoms with van der Waals surface area (Å²) in [6.45, 7) is 12.1. The summed E-state index contributed by atoms with van der Waals surface area (Å²) in [5.74, 6) is 0. The predicted octanol–water partition coefficient (Wildman–Crippen LogP) is 1.57. The predicted molar refractivity (Wildman–Crippen MR) is 70.1 cm³/mol. The zero-order valence-electron chi connectivity index (χ0n) is 11.2. The molecule has 0 atom stereocenters. The third kappa shape index (κ3) is 3.30. The molecule has 1 aromatic heterocycles. The van der Waals surface area contributed by atoms with E-state index in [-0.39, 0.29) is 0 Å². The lowest BCUT2D eigenvalue weighted by Gasteiger charge is -2.18. The Kier molecular flexibility index (Phi) is 4.18. The van der Waals surface area contributed by atoms with Gasteiger partial charge in [-0.05, 0) is 40.3 Å². The smallest absolute Gasteiger partial charge is 0.0638 e. The third-order valence-corrected chi connectivity index (χ3v) is 3.37. The molecule has 0 aromatic carbocycles. The van der Waals surface area contributed by atoms with E-state index >= 15 is 0 Å². The quantitative estimate of drug-likeness (QED) is 0.865. The lowest BCUT2D eigenvalue weighted by atomic mass is 10.2. The number of aromatic nitrogens is 2. The van der Waals surface area contributed by atoms with Crippen LogP contribution in [0.1, 0.15) is 37.6 Å². The molecule has 96 valence electrons. The number of nitrogens with one attached hydrogen (secondary N) is 1. The Hall–Kier alpha value is -0.870. The lowest BCUT2D eigenvalue weighted by Crippen LogP contribution is -2.27. The van der Waals surface area contributed by atoms with Crippen molar-refractivity contribution in [3.8, 4) is 0 Å². The van der Waals surface area contributed by atoms with Crippen LogP contribution in [0.2, 0.25) is 0 Å². The second-order valence-electron chi connectivity index (χ2n) is 5.19. The number of aryl methyl sites for hydroxylation is 1. The summed E-state index contributed by atoms with van der Waals surface area (Å²) in [5, 5.41) is 8.01. The van der Waals surface area contributed by atoms with E-state index < -0.39 is 0 Å². The van der Waals surface area contributed by atoms with E-state index in [2.05, 4.69) is 47.0 Å². The molecular weight excluding hydrogens is 212 g/mol. The van der Waals surface area contributed by atoms with E-state index in [0.717, 1.165) is 26.2 Å². The summed E-state index contributed by atoms with van der Waals surface area (Å²) in [5.41, 5.74) is 2.55. The summed E-state index contributed by atoms with van der Waals surface area (Å²) in [6, 6.07) is 0.452. The minimum Gasteiger partial charge on any atom is -0.315 e. The van der Waals surface area contributed by atoms with Crippen LogP contribution in [0.3, 0.4) is 0 Å². The fourth-order valence-corrected chi connectivity index (χ4v) is 2.24. The highest BCUT2D eigenvalue weighted by Gasteiger charge is 2.13. The van der Waals surface area contributed by atoms with Gasteiger partial charge < -0.3 is 5.32 Å². The number of nitrogens with zero attached hydrogens (tertiary/aromatic N) is 3. The Balaban J connectivity index is 2.01. The molecular formula is C13H24N4. The van der Waals surface area contributed by atoms with Gasteiger partial charge in [0, 0.05) is 37.4 Å². The van der Waals surface area contributed by atoms with Gasteiger partial charge in [-0.1, -0.05) is 0 Å². The molecule has 0 amide bonds. The fourth-order valence-electron chi connectivity index (χ4n) is 2.24. The van der Waals surface area contributed by atoms with Crippen LogP contribution in [-0.4, -0.2) is 40.9 Å². The Morgan fingerprint density at radius 1 is 1.35 bits per heavy atom. The van der Waals surface area contributed by atoms with E-state index in [9.17, 15) is 0 Å². The minimum absolute atomic E-state index is 0.452. The number of hydrogen-bond acceptors (Lipinski definition) is 3. The van der Waals surface area contributed by atoms with Crippen LogP contribution in [-0.2, 0) is 6.54 Å². The fraction of sp³-hybridized carbons (Fsp3) is 0.769. The third-order valence-electron chi connectivity index (χ3n) is 3.37. The molecule has 1 aromatic rings. The molecule has 1 N–H and O–H groups in total. The molecule has 2 heterocycles. The summed E-state index contributed by atoms with van der Waals surface area (Å²) in [4.78, 5) is 2.52. The maximum Gasteiger partial charge on any atom is 0.0638 e. The largest absolute Gasteiger partial charge is 0.315 e. The van der Waals surface area contributed by atoms with Crippen LogP contribution >= 0.6 is 0 Å². The Labute approximate surface area is 104 Å². The number of rotatable bonds is 3. The van der Waals surface area contributed by atoms with Gasteiger partial charge in [0.25, 0.3) is 0 Å². The molecule has 1 fully saturated rings. The van der Waals surface area contributed by atoms with Gasteiger partial charge in [0.2, 0.25) is 0 Å². The zero-order valence-corrected chi connectivity index (χ0v) is 11.2. The second-order valence-corrected chi connectivity index (χ2v) is 5.19. The summed E-state index contributed by atoms with van der Waals surface area (Å²) >= 11 is 0. The topological polar surface area (TPSA) is 33.1 Å². The highest BCUT2D eigenvalue weighted by atomic mass is 15.3. The van der Waals surface area contributed by atoms with Gasteiger partial charge in [0.15, 0.2) is 0 Å². The van der Waals surface area contributed by atoms with Crippen molar-refractivity contribution >= 4 is 0 Å². The average molecular weight is 236 g/mol. The Morgan fingerprint density at radius 3 is 2.88 bits per heavy atom.